The summed E-state index contributed by atoms with van der Waals surface area (Å²) in [6, 6.07) is 18.9. The van der Waals surface area contributed by atoms with Crippen molar-refractivity contribution in [2.45, 2.75) is 19.0 Å². The predicted octanol–water partition coefficient (Wildman–Crippen LogP) is 3.93. The van der Waals surface area contributed by atoms with Crippen LogP contribution in [0.5, 0.6) is 5.75 Å². The molecule has 1 fully saturated rings. The largest absolute Gasteiger partial charge is 0.497 e. The first kappa shape index (κ1) is 23.6. The number of fused-ring (bicyclic) bond motifs is 3. The molecule has 8 nitrogen and oxygen atoms in total. The van der Waals surface area contributed by atoms with Crippen LogP contribution in [0, 0.1) is 21.8 Å². The molecule has 3 aromatic rings. The third-order valence-corrected chi connectivity index (χ3v) is 7.09. The average molecular weight is 491 g/mol. The lowest BCUT2D eigenvalue weighted by Gasteiger charge is -2.49. The number of ether oxygens (including phenoxy) is 1. The van der Waals surface area contributed by atoms with Crippen LogP contribution in [0.4, 0.5) is 21.5 Å². The zero-order chi connectivity index (χ0) is 25.2. The Morgan fingerprint density at radius 1 is 1.14 bits per heavy atom. The number of rotatable bonds is 6. The van der Waals surface area contributed by atoms with Gasteiger partial charge in [0.25, 0.3) is 5.69 Å². The van der Waals surface area contributed by atoms with E-state index in [0.717, 1.165) is 29.2 Å². The molecule has 0 radical (unpaired) electrons. The number of nitrogens with zero attached hydrogens (tertiary/aromatic N) is 3. The number of hydrogen-bond donors (Lipinski definition) is 1. The van der Waals surface area contributed by atoms with E-state index in [1.807, 2.05) is 24.3 Å². The number of carbonyl (C=O) groups excluding carboxylic acids is 1. The highest BCUT2D eigenvalue weighted by atomic mass is 19.1. The van der Waals surface area contributed by atoms with Crippen LogP contribution < -0.4 is 19.9 Å². The van der Waals surface area contributed by atoms with E-state index < -0.39 is 10.8 Å². The van der Waals surface area contributed by atoms with Gasteiger partial charge in [0.2, 0.25) is 5.91 Å². The van der Waals surface area contributed by atoms with Gasteiger partial charge < -0.3 is 19.9 Å². The Morgan fingerprint density at radius 2 is 1.92 bits per heavy atom. The van der Waals surface area contributed by atoms with Crippen LogP contribution in [0.1, 0.15) is 11.1 Å². The molecule has 9 heteroatoms. The third kappa shape index (κ3) is 4.56. The summed E-state index contributed by atoms with van der Waals surface area (Å²) in [5.41, 5.74) is 3.17. The maximum absolute atomic E-state index is 14.1. The number of non-ortho nitro benzene ring substituents is 1. The molecule has 0 saturated carbocycles. The van der Waals surface area contributed by atoms with Gasteiger partial charge in [-0.25, -0.2) is 4.39 Å². The molecule has 0 unspecified atom stereocenters. The summed E-state index contributed by atoms with van der Waals surface area (Å²) < 4.78 is 19.4. The number of halogens is 1. The van der Waals surface area contributed by atoms with E-state index in [4.69, 9.17) is 4.74 Å². The fourth-order valence-corrected chi connectivity index (χ4v) is 5.21. The van der Waals surface area contributed by atoms with Gasteiger partial charge in [0.15, 0.2) is 0 Å². The maximum atomic E-state index is 14.1. The van der Waals surface area contributed by atoms with E-state index in [-0.39, 0.29) is 30.0 Å². The Kier molecular flexibility index (Phi) is 6.45. The molecule has 2 heterocycles. The first-order valence-corrected chi connectivity index (χ1v) is 11.9. The summed E-state index contributed by atoms with van der Waals surface area (Å²) in [4.78, 5) is 28.9. The van der Waals surface area contributed by atoms with Crippen molar-refractivity contribution < 1.29 is 18.8 Å². The summed E-state index contributed by atoms with van der Waals surface area (Å²) in [6.07, 6.45) is 0.373. The second-order valence-corrected chi connectivity index (χ2v) is 9.09. The van der Waals surface area contributed by atoms with Crippen LogP contribution in [0.3, 0.4) is 0 Å². The van der Waals surface area contributed by atoms with Crippen molar-refractivity contribution in [3.8, 4) is 5.75 Å². The second-order valence-electron chi connectivity index (χ2n) is 9.09. The molecule has 1 N–H and O–H groups in total. The lowest BCUT2D eigenvalue weighted by molar-refractivity contribution is -0.384. The number of amides is 1. The molecule has 1 amide bonds. The summed E-state index contributed by atoms with van der Waals surface area (Å²) in [6.45, 7) is 2.10. The third-order valence-electron chi connectivity index (χ3n) is 7.09. The number of methoxy groups -OCH3 is 1. The lowest BCUT2D eigenvalue weighted by atomic mass is 9.83. The minimum atomic E-state index is -0.452. The SMILES string of the molecule is COc1ccc(N2CCN3c4ccc([N+](=O)[O-])cc4C[C@@H](C(=O)NCc4ccccc4F)[C@H]3C2)cc1. The highest BCUT2D eigenvalue weighted by molar-refractivity contribution is 5.82. The molecular weight excluding hydrogens is 463 g/mol. The first-order valence-electron chi connectivity index (χ1n) is 11.9. The Balaban J connectivity index is 1.43. The van der Waals surface area contributed by atoms with E-state index in [1.54, 1.807) is 37.4 Å². The summed E-state index contributed by atoms with van der Waals surface area (Å²) >= 11 is 0. The summed E-state index contributed by atoms with van der Waals surface area (Å²) in [5, 5.41) is 14.3. The number of anilines is 2. The zero-order valence-corrected chi connectivity index (χ0v) is 19.9. The van der Waals surface area contributed by atoms with Crippen molar-refractivity contribution in [1.82, 2.24) is 5.32 Å². The fourth-order valence-electron chi connectivity index (χ4n) is 5.21. The molecule has 0 aromatic heterocycles. The van der Waals surface area contributed by atoms with Crippen LogP contribution in [0.15, 0.2) is 66.7 Å². The van der Waals surface area contributed by atoms with Gasteiger partial charge in [0.05, 0.1) is 24.0 Å². The van der Waals surface area contributed by atoms with Crippen LogP contribution in [0.25, 0.3) is 0 Å². The van der Waals surface area contributed by atoms with Crippen molar-refractivity contribution in [3.05, 3.63) is 93.8 Å². The van der Waals surface area contributed by atoms with E-state index in [1.165, 1.54) is 12.1 Å². The maximum Gasteiger partial charge on any atom is 0.269 e. The minimum Gasteiger partial charge on any atom is -0.497 e. The first-order chi connectivity index (χ1) is 17.4. The molecule has 3 aromatic carbocycles. The van der Waals surface area contributed by atoms with Gasteiger partial charge >= 0.3 is 0 Å². The predicted molar refractivity (Wildman–Crippen MR) is 135 cm³/mol. The van der Waals surface area contributed by atoms with Gasteiger partial charge in [-0.2, -0.15) is 0 Å². The standard InChI is InChI=1S/C27H27FN4O4/c1-36-22-9-6-20(7-10-22)30-12-13-31-25-11-8-21(32(34)35)14-19(25)15-23(26(31)17-30)27(33)29-16-18-4-2-3-5-24(18)28/h2-11,14,23,26H,12-13,15-17H2,1H3,(H,29,33)/t23-,26-/m1/s1. The molecule has 0 bridgehead atoms. The van der Waals surface area contributed by atoms with E-state index in [2.05, 4.69) is 15.1 Å². The van der Waals surface area contributed by atoms with Crippen LogP contribution in [-0.4, -0.2) is 43.6 Å². The Hall–Kier alpha value is -4.14. The summed E-state index contributed by atoms with van der Waals surface area (Å²) in [7, 11) is 1.63. The number of nitrogens with one attached hydrogen (secondary N) is 1. The van der Waals surface area contributed by atoms with Gasteiger partial charge in [-0.15, -0.1) is 0 Å². The number of benzene rings is 3. The van der Waals surface area contributed by atoms with E-state index >= 15 is 0 Å². The molecule has 36 heavy (non-hydrogen) atoms. The van der Waals surface area contributed by atoms with Crippen molar-refractivity contribution in [2.75, 3.05) is 36.5 Å². The molecular formula is C27H27FN4O4. The average Bonchev–Trinajstić information content (AvgIpc) is 2.91. The fraction of sp³-hybridized carbons (Fsp3) is 0.296. The minimum absolute atomic E-state index is 0.00887. The summed E-state index contributed by atoms with van der Waals surface area (Å²) in [5.74, 6) is -0.238. The Labute approximate surface area is 208 Å². The highest BCUT2D eigenvalue weighted by Gasteiger charge is 2.42. The van der Waals surface area contributed by atoms with Crippen molar-refractivity contribution >= 4 is 23.0 Å². The number of hydrogen-bond acceptors (Lipinski definition) is 6. The molecule has 2 aliphatic rings. The number of piperazine rings is 1. The van der Waals surface area contributed by atoms with Crippen LogP contribution in [0.2, 0.25) is 0 Å². The smallest absolute Gasteiger partial charge is 0.269 e. The van der Waals surface area contributed by atoms with Crippen LogP contribution in [-0.2, 0) is 17.8 Å². The van der Waals surface area contributed by atoms with Crippen molar-refractivity contribution in [2.24, 2.45) is 5.92 Å². The quantitative estimate of drug-likeness (QED) is 0.416. The number of nitro groups is 1. The molecule has 1 saturated heterocycles. The Morgan fingerprint density at radius 3 is 2.64 bits per heavy atom. The Bertz CT molecular complexity index is 1280. The van der Waals surface area contributed by atoms with Gasteiger partial charge in [-0.1, -0.05) is 18.2 Å². The van der Waals surface area contributed by atoms with Crippen molar-refractivity contribution in [1.29, 1.82) is 0 Å². The van der Waals surface area contributed by atoms with Gasteiger partial charge in [0.1, 0.15) is 11.6 Å². The number of nitro benzene ring substituents is 1. The normalized spacial score (nSPS) is 18.7. The topological polar surface area (TPSA) is 87.9 Å². The van der Waals surface area contributed by atoms with Gasteiger partial charge in [-0.3, -0.25) is 14.9 Å². The highest BCUT2D eigenvalue weighted by Crippen LogP contribution is 2.38. The van der Waals surface area contributed by atoms with Gasteiger partial charge in [-0.05, 0) is 48.4 Å². The molecule has 0 spiro atoms. The van der Waals surface area contributed by atoms with Gasteiger partial charge in [0, 0.05) is 55.2 Å². The monoisotopic (exact) mass is 490 g/mol. The lowest BCUT2D eigenvalue weighted by Crippen LogP contribution is -2.61. The molecule has 0 aliphatic carbocycles. The van der Waals surface area contributed by atoms with E-state index in [9.17, 15) is 19.3 Å². The van der Waals surface area contributed by atoms with E-state index in [0.29, 0.717) is 25.1 Å². The molecule has 2 atom stereocenters. The number of carbonyl (C=O) groups is 1. The second kappa shape index (κ2) is 9.85. The van der Waals surface area contributed by atoms with Crippen molar-refractivity contribution in [3.63, 3.8) is 0 Å². The molecule has 2 aliphatic heterocycles. The molecule has 5 rings (SSSR count). The molecule has 186 valence electrons. The zero-order valence-electron chi connectivity index (χ0n) is 19.9. The van der Waals surface area contributed by atoms with Crippen LogP contribution >= 0.6 is 0 Å².